The molecule has 0 bridgehead atoms. The van der Waals surface area contributed by atoms with Gasteiger partial charge in [0.25, 0.3) is 5.91 Å². The Morgan fingerprint density at radius 3 is 2.89 bits per heavy atom. The zero-order chi connectivity index (χ0) is 18.6. The van der Waals surface area contributed by atoms with Gasteiger partial charge in [-0.15, -0.1) is 11.3 Å². The molecule has 138 valence electrons. The largest absolute Gasteiger partial charge is 0.365 e. The summed E-state index contributed by atoms with van der Waals surface area (Å²) in [7, 11) is 1.79. The Morgan fingerprint density at radius 2 is 2.07 bits per heavy atom. The molecule has 27 heavy (non-hydrogen) atoms. The molecule has 0 radical (unpaired) electrons. The number of benzene rings is 1. The van der Waals surface area contributed by atoms with Gasteiger partial charge < -0.3 is 15.5 Å². The molecular formula is C20H21N5OS. The zero-order valence-electron chi connectivity index (χ0n) is 15.1. The molecule has 3 heterocycles. The summed E-state index contributed by atoms with van der Waals surface area (Å²) in [5.74, 6) is 0.757. The molecule has 7 heteroatoms. The molecule has 0 unspecified atom stereocenters. The topological polar surface area (TPSA) is 70.1 Å². The molecule has 1 aliphatic rings. The molecule has 1 aromatic carbocycles. The van der Waals surface area contributed by atoms with Gasteiger partial charge in [0.05, 0.1) is 0 Å². The van der Waals surface area contributed by atoms with E-state index < -0.39 is 0 Å². The lowest BCUT2D eigenvalue weighted by Crippen LogP contribution is -2.32. The van der Waals surface area contributed by atoms with Crippen LogP contribution in [0.4, 0.5) is 10.9 Å². The fourth-order valence-electron chi connectivity index (χ4n) is 3.29. The molecule has 2 aromatic heterocycles. The summed E-state index contributed by atoms with van der Waals surface area (Å²) in [6.45, 7) is 2.19. The first-order chi connectivity index (χ1) is 13.2. The third kappa shape index (κ3) is 3.78. The highest BCUT2D eigenvalue weighted by atomic mass is 32.1. The van der Waals surface area contributed by atoms with Crippen LogP contribution in [0.15, 0.2) is 48.0 Å². The first kappa shape index (κ1) is 17.5. The van der Waals surface area contributed by atoms with Crippen LogP contribution in [0.5, 0.6) is 0 Å². The monoisotopic (exact) mass is 379 g/mol. The van der Waals surface area contributed by atoms with E-state index in [4.69, 9.17) is 0 Å². The fraction of sp³-hybridized carbons (Fsp3) is 0.250. The van der Waals surface area contributed by atoms with Gasteiger partial charge in [-0.25, -0.2) is 9.97 Å². The Hall–Kier alpha value is -2.93. The number of carbonyl (C=O) groups is 1. The Kier molecular flexibility index (Phi) is 5.02. The number of pyridine rings is 1. The average molecular weight is 379 g/mol. The predicted molar refractivity (Wildman–Crippen MR) is 108 cm³/mol. The van der Waals surface area contributed by atoms with Crippen LogP contribution in [-0.2, 0) is 19.5 Å². The molecule has 6 nitrogen and oxygen atoms in total. The van der Waals surface area contributed by atoms with E-state index in [1.54, 1.807) is 18.6 Å². The number of hydrogen-bond donors (Lipinski definition) is 2. The molecule has 0 spiro atoms. The van der Waals surface area contributed by atoms with Gasteiger partial charge in [0.15, 0.2) is 5.13 Å². The summed E-state index contributed by atoms with van der Waals surface area (Å²) in [4.78, 5) is 23.5. The molecule has 0 aliphatic carbocycles. The number of nitrogens with zero attached hydrogens (tertiary/aromatic N) is 3. The molecule has 0 saturated heterocycles. The van der Waals surface area contributed by atoms with Crippen molar-refractivity contribution in [1.29, 1.82) is 0 Å². The van der Waals surface area contributed by atoms with Gasteiger partial charge in [0.2, 0.25) is 0 Å². The summed E-state index contributed by atoms with van der Waals surface area (Å²) in [5, 5.41) is 8.40. The molecule has 0 atom stereocenters. The zero-order valence-corrected chi connectivity index (χ0v) is 15.9. The second-order valence-corrected chi connectivity index (χ2v) is 7.26. The number of hydrogen-bond acceptors (Lipinski definition) is 6. The first-order valence-corrected chi connectivity index (χ1v) is 9.79. The van der Waals surface area contributed by atoms with E-state index in [1.807, 2.05) is 12.1 Å². The highest BCUT2D eigenvalue weighted by molar-refractivity contribution is 7.13. The molecule has 3 aromatic rings. The summed E-state index contributed by atoms with van der Waals surface area (Å²) in [5.41, 5.74) is 4.19. The van der Waals surface area contributed by atoms with Crippen LogP contribution < -0.4 is 15.5 Å². The average Bonchev–Trinajstić information content (AvgIpc) is 3.21. The predicted octanol–water partition coefficient (Wildman–Crippen LogP) is 3.07. The van der Waals surface area contributed by atoms with Crippen LogP contribution in [0.25, 0.3) is 0 Å². The maximum atomic E-state index is 12.4. The Labute approximate surface area is 162 Å². The van der Waals surface area contributed by atoms with Crippen molar-refractivity contribution < 1.29 is 4.79 Å². The van der Waals surface area contributed by atoms with E-state index in [9.17, 15) is 4.79 Å². The minimum Gasteiger partial charge on any atom is -0.365 e. The van der Waals surface area contributed by atoms with Crippen LogP contribution in [0, 0.1) is 0 Å². The van der Waals surface area contributed by atoms with Crippen LogP contribution in [-0.4, -0.2) is 29.5 Å². The summed E-state index contributed by atoms with van der Waals surface area (Å²) >= 11 is 1.42. The van der Waals surface area contributed by atoms with E-state index in [0.29, 0.717) is 12.2 Å². The lowest BCUT2D eigenvalue weighted by atomic mass is 9.99. The standard InChI is InChI=1S/C20H21N5OS/c1-21-20-24-17(13-27-20)19(26)23-11-15-7-4-9-22-18(15)25-10-8-14-5-2-3-6-16(14)12-25/h2-7,9,13H,8,10-12H2,1H3,(H,21,24)(H,23,26). The van der Waals surface area contributed by atoms with E-state index in [-0.39, 0.29) is 5.91 Å². The fourth-order valence-corrected chi connectivity index (χ4v) is 3.94. The van der Waals surface area contributed by atoms with Crippen LogP contribution in [0.3, 0.4) is 0 Å². The van der Waals surface area contributed by atoms with E-state index in [1.165, 1.54) is 22.5 Å². The summed E-state index contributed by atoms with van der Waals surface area (Å²) < 4.78 is 0. The van der Waals surface area contributed by atoms with Crippen molar-refractivity contribution in [3.05, 3.63) is 70.4 Å². The van der Waals surface area contributed by atoms with Crippen LogP contribution in [0.1, 0.15) is 27.2 Å². The summed E-state index contributed by atoms with van der Waals surface area (Å²) in [6.07, 6.45) is 2.81. The number of rotatable bonds is 5. The number of nitrogens with one attached hydrogen (secondary N) is 2. The van der Waals surface area contributed by atoms with Crippen molar-refractivity contribution >= 4 is 28.2 Å². The van der Waals surface area contributed by atoms with Gasteiger partial charge in [-0.2, -0.15) is 0 Å². The van der Waals surface area contributed by atoms with Crippen molar-refractivity contribution in [1.82, 2.24) is 15.3 Å². The van der Waals surface area contributed by atoms with Gasteiger partial charge in [-0.05, 0) is 23.6 Å². The number of fused-ring (bicyclic) bond motifs is 1. The van der Waals surface area contributed by atoms with Gasteiger partial charge in [-0.3, -0.25) is 4.79 Å². The number of anilines is 2. The Balaban J connectivity index is 1.48. The van der Waals surface area contributed by atoms with E-state index in [0.717, 1.165) is 36.0 Å². The number of carbonyl (C=O) groups excluding carboxylic acids is 1. The summed E-state index contributed by atoms with van der Waals surface area (Å²) in [6, 6.07) is 12.5. The normalized spacial score (nSPS) is 13.1. The lowest BCUT2D eigenvalue weighted by Gasteiger charge is -2.31. The van der Waals surface area contributed by atoms with Gasteiger partial charge in [0.1, 0.15) is 11.5 Å². The second-order valence-electron chi connectivity index (χ2n) is 6.40. The Morgan fingerprint density at radius 1 is 1.22 bits per heavy atom. The van der Waals surface area contributed by atoms with Gasteiger partial charge in [0, 0.05) is 43.8 Å². The van der Waals surface area contributed by atoms with E-state index in [2.05, 4.69) is 49.8 Å². The molecular weight excluding hydrogens is 358 g/mol. The second kappa shape index (κ2) is 7.75. The van der Waals surface area contributed by atoms with Gasteiger partial charge >= 0.3 is 0 Å². The highest BCUT2D eigenvalue weighted by Crippen LogP contribution is 2.25. The third-order valence-electron chi connectivity index (χ3n) is 4.69. The molecule has 0 fully saturated rings. The maximum absolute atomic E-state index is 12.4. The highest BCUT2D eigenvalue weighted by Gasteiger charge is 2.20. The minimum atomic E-state index is -0.174. The molecule has 4 rings (SSSR count). The molecule has 2 N–H and O–H groups in total. The number of amides is 1. The van der Waals surface area contributed by atoms with Crippen molar-refractivity contribution in [3.8, 4) is 0 Å². The smallest absolute Gasteiger partial charge is 0.271 e. The first-order valence-electron chi connectivity index (χ1n) is 8.91. The molecule has 0 saturated carbocycles. The van der Waals surface area contributed by atoms with Crippen LogP contribution >= 0.6 is 11.3 Å². The van der Waals surface area contributed by atoms with Crippen molar-refractivity contribution in [2.45, 2.75) is 19.5 Å². The molecule has 1 aliphatic heterocycles. The van der Waals surface area contributed by atoms with Crippen LogP contribution in [0.2, 0.25) is 0 Å². The quantitative estimate of drug-likeness (QED) is 0.713. The Bertz CT molecular complexity index is 955. The minimum absolute atomic E-state index is 0.174. The number of aromatic nitrogens is 2. The SMILES string of the molecule is CNc1nc(C(=O)NCc2cccnc2N2CCc3ccccc3C2)cs1. The van der Waals surface area contributed by atoms with Crippen molar-refractivity contribution in [2.24, 2.45) is 0 Å². The molecule has 1 amide bonds. The third-order valence-corrected chi connectivity index (χ3v) is 5.55. The lowest BCUT2D eigenvalue weighted by molar-refractivity contribution is 0.0946. The maximum Gasteiger partial charge on any atom is 0.271 e. The van der Waals surface area contributed by atoms with E-state index >= 15 is 0 Å². The van der Waals surface area contributed by atoms with Gasteiger partial charge in [-0.1, -0.05) is 30.3 Å². The van der Waals surface area contributed by atoms with Crippen molar-refractivity contribution in [2.75, 3.05) is 23.8 Å². The number of thiazole rings is 1. The van der Waals surface area contributed by atoms with Crippen molar-refractivity contribution in [3.63, 3.8) is 0 Å².